The summed E-state index contributed by atoms with van der Waals surface area (Å²) in [4.78, 5) is 14.5. The molecule has 1 aliphatic rings. The number of morpholine rings is 1. The van der Waals surface area contributed by atoms with E-state index in [0.717, 1.165) is 24.5 Å². The van der Waals surface area contributed by atoms with Crippen LogP contribution in [0.2, 0.25) is 0 Å². The highest BCUT2D eigenvalue weighted by Crippen LogP contribution is 2.23. The number of benzene rings is 2. The molecule has 5 nitrogen and oxygen atoms in total. The highest BCUT2D eigenvalue weighted by Gasteiger charge is 2.23. The molecule has 1 N–H and O–H groups in total. The van der Waals surface area contributed by atoms with Crippen LogP contribution in [0.3, 0.4) is 0 Å². The molecule has 3 rings (SSSR count). The lowest BCUT2D eigenvalue weighted by Gasteiger charge is -2.34. The molecule has 1 fully saturated rings. The maximum Gasteiger partial charge on any atom is 0.238 e. The van der Waals surface area contributed by atoms with Gasteiger partial charge in [0.2, 0.25) is 5.91 Å². The number of carbonyl (C=O) groups excluding carboxylic acids is 1. The molecule has 2 aromatic carbocycles. The lowest BCUT2D eigenvalue weighted by molar-refractivity contribution is -0.121. The zero-order chi connectivity index (χ0) is 17.6. The number of hydrogen-bond donors (Lipinski definition) is 1. The molecule has 2 aromatic rings. The fourth-order valence-electron chi connectivity index (χ4n) is 3.08. The predicted octanol–water partition coefficient (Wildman–Crippen LogP) is 3.53. The van der Waals surface area contributed by atoms with Crippen LogP contribution in [0, 0.1) is 0 Å². The third-order valence-electron chi connectivity index (χ3n) is 3.96. The lowest BCUT2D eigenvalue weighted by atomic mass is 10.2. The Labute approximate surface area is 148 Å². The maximum atomic E-state index is 12.3. The molecule has 1 heterocycles. The fraction of sp³-hybridized carbons (Fsp3) is 0.350. The summed E-state index contributed by atoms with van der Waals surface area (Å²) in [6, 6.07) is 17.0. The average molecular weight is 340 g/mol. The molecule has 0 unspecified atom stereocenters. The van der Waals surface area contributed by atoms with Crippen LogP contribution in [0.4, 0.5) is 5.69 Å². The Bertz CT molecular complexity index is 695. The van der Waals surface area contributed by atoms with Gasteiger partial charge in [0.05, 0.1) is 18.8 Å². The number of nitrogens with one attached hydrogen (secondary N) is 1. The molecule has 1 aliphatic heterocycles. The SMILES string of the molecule is C[C@@H]1CN(CC(=O)Nc2cccc(Oc3ccccc3)c2)C[C@@H](C)O1. The van der Waals surface area contributed by atoms with Crippen molar-refractivity contribution in [2.45, 2.75) is 26.1 Å². The van der Waals surface area contributed by atoms with E-state index in [1.54, 1.807) is 0 Å². The van der Waals surface area contributed by atoms with Crippen LogP contribution in [-0.4, -0.2) is 42.6 Å². The number of carbonyl (C=O) groups is 1. The van der Waals surface area contributed by atoms with Crippen LogP contribution in [0.25, 0.3) is 0 Å². The Kier molecular flexibility index (Phi) is 5.68. The Hall–Kier alpha value is -2.37. The molecule has 0 radical (unpaired) electrons. The Morgan fingerprint density at radius 2 is 1.76 bits per heavy atom. The summed E-state index contributed by atoms with van der Waals surface area (Å²) in [5, 5.41) is 2.94. The van der Waals surface area contributed by atoms with Gasteiger partial charge in [-0.25, -0.2) is 0 Å². The van der Waals surface area contributed by atoms with Crippen LogP contribution in [0.15, 0.2) is 54.6 Å². The zero-order valence-corrected chi connectivity index (χ0v) is 14.6. The molecule has 132 valence electrons. The minimum absolute atomic E-state index is 0.0295. The number of para-hydroxylation sites is 1. The average Bonchev–Trinajstić information content (AvgIpc) is 2.55. The van der Waals surface area contributed by atoms with E-state index in [1.807, 2.05) is 68.4 Å². The molecular weight excluding hydrogens is 316 g/mol. The minimum atomic E-state index is -0.0295. The molecule has 0 aromatic heterocycles. The molecule has 1 amide bonds. The van der Waals surface area contributed by atoms with Gasteiger partial charge < -0.3 is 14.8 Å². The van der Waals surface area contributed by atoms with E-state index >= 15 is 0 Å². The Morgan fingerprint density at radius 1 is 1.08 bits per heavy atom. The van der Waals surface area contributed by atoms with Gasteiger partial charge in [0, 0.05) is 24.8 Å². The number of amides is 1. The fourth-order valence-corrected chi connectivity index (χ4v) is 3.08. The number of ether oxygens (including phenoxy) is 2. The first-order chi connectivity index (χ1) is 12.1. The summed E-state index contributed by atoms with van der Waals surface area (Å²) in [6.07, 6.45) is 0.304. The monoisotopic (exact) mass is 340 g/mol. The van der Waals surface area contributed by atoms with Crippen LogP contribution >= 0.6 is 0 Å². The molecule has 25 heavy (non-hydrogen) atoms. The number of anilines is 1. The summed E-state index contributed by atoms with van der Waals surface area (Å²) in [5.41, 5.74) is 0.729. The van der Waals surface area contributed by atoms with Gasteiger partial charge in [-0.3, -0.25) is 9.69 Å². The second kappa shape index (κ2) is 8.14. The van der Waals surface area contributed by atoms with Crippen molar-refractivity contribution in [2.24, 2.45) is 0 Å². The van der Waals surface area contributed by atoms with E-state index in [1.165, 1.54) is 0 Å². The van der Waals surface area contributed by atoms with Gasteiger partial charge in [-0.15, -0.1) is 0 Å². The molecule has 2 atom stereocenters. The van der Waals surface area contributed by atoms with Gasteiger partial charge in [-0.2, -0.15) is 0 Å². The maximum absolute atomic E-state index is 12.3. The summed E-state index contributed by atoms with van der Waals surface area (Å²) < 4.78 is 11.5. The van der Waals surface area contributed by atoms with Crippen LogP contribution in [-0.2, 0) is 9.53 Å². The van der Waals surface area contributed by atoms with Gasteiger partial charge >= 0.3 is 0 Å². The standard InChI is InChI=1S/C20H24N2O3/c1-15-12-22(13-16(2)24-15)14-20(23)21-17-7-6-10-19(11-17)25-18-8-4-3-5-9-18/h3-11,15-16H,12-14H2,1-2H3,(H,21,23)/t15-,16-/m1/s1. The molecule has 0 aliphatic carbocycles. The number of hydrogen-bond acceptors (Lipinski definition) is 4. The lowest BCUT2D eigenvalue weighted by Crippen LogP contribution is -2.48. The van der Waals surface area contributed by atoms with Crippen LogP contribution < -0.4 is 10.1 Å². The van der Waals surface area contributed by atoms with E-state index in [0.29, 0.717) is 12.3 Å². The molecule has 1 saturated heterocycles. The van der Waals surface area contributed by atoms with Gasteiger partial charge in [-0.1, -0.05) is 24.3 Å². The van der Waals surface area contributed by atoms with E-state index in [2.05, 4.69) is 10.2 Å². The van der Waals surface area contributed by atoms with Crippen molar-refractivity contribution in [3.05, 3.63) is 54.6 Å². The van der Waals surface area contributed by atoms with Crippen molar-refractivity contribution in [1.82, 2.24) is 4.90 Å². The van der Waals surface area contributed by atoms with Crippen molar-refractivity contribution in [3.8, 4) is 11.5 Å². The van der Waals surface area contributed by atoms with Gasteiger partial charge in [0.15, 0.2) is 0 Å². The molecule has 5 heteroatoms. The highest BCUT2D eigenvalue weighted by molar-refractivity contribution is 5.92. The Balaban J connectivity index is 1.57. The van der Waals surface area contributed by atoms with Gasteiger partial charge in [0.1, 0.15) is 11.5 Å². The van der Waals surface area contributed by atoms with E-state index in [-0.39, 0.29) is 18.1 Å². The van der Waals surface area contributed by atoms with Crippen molar-refractivity contribution in [2.75, 3.05) is 25.0 Å². The summed E-state index contributed by atoms with van der Waals surface area (Å²) in [5.74, 6) is 1.43. The Morgan fingerprint density at radius 3 is 2.48 bits per heavy atom. The van der Waals surface area contributed by atoms with E-state index < -0.39 is 0 Å². The first-order valence-corrected chi connectivity index (χ1v) is 8.59. The van der Waals surface area contributed by atoms with Gasteiger partial charge in [0.25, 0.3) is 0 Å². The second-order valence-electron chi connectivity index (χ2n) is 6.44. The van der Waals surface area contributed by atoms with Crippen LogP contribution in [0.1, 0.15) is 13.8 Å². The minimum Gasteiger partial charge on any atom is -0.457 e. The zero-order valence-electron chi connectivity index (χ0n) is 14.6. The molecular formula is C20H24N2O3. The molecule has 0 saturated carbocycles. The quantitative estimate of drug-likeness (QED) is 0.905. The third kappa shape index (κ3) is 5.31. The van der Waals surface area contributed by atoms with Crippen molar-refractivity contribution >= 4 is 11.6 Å². The smallest absolute Gasteiger partial charge is 0.238 e. The largest absolute Gasteiger partial charge is 0.457 e. The predicted molar refractivity (Wildman–Crippen MR) is 98.0 cm³/mol. The summed E-state index contributed by atoms with van der Waals surface area (Å²) >= 11 is 0. The van der Waals surface area contributed by atoms with Gasteiger partial charge in [-0.05, 0) is 38.1 Å². The third-order valence-corrected chi connectivity index (χ3v) is 3.96. The number of rotatable bonds is 5. The first kappa shape index (κ1) is 17.5. The van der Waals surface area contributed by atoms with E-state index in [4.69, 9.17) is 9.47 Å². The molecule has 0 spiro atoms. The van der Waals surface area contributed by atoms with Crippen LogP contribution in [0.5, 0.6) is 11.5 Å². The normalized spacial score (nSPS) is 20.9. The highest BCUT2D eigenvalue weighted by atomic mass is 16.5. The van der Waals surface area contributed by atoms with Crippen molar-refractivity contribution in [3.63, 3.8) is 0 Å². The summed E-state index contributed by atoms with van der Waals surface area (Å²) in [6.45, 7) is 5.97. The second-order valence-corrected chi connectivity index (χ2v) is 6.44. The topological polar surface area (TPSA) is 50.8 Å². The summed E-state index contributed by atoms with van der Waals surface area (Å²) in [7, 11) is 0. The molecule has 0 bridgehead atoms. The number of nitrogens with zero attached hydrogens (tertiary/aromatic N) is 1. The van der Waals surface area contributed by atoms with Crippen molar-refractivity contribution in [1.29, 1.82) is 0 Å². The first-order valence-electron chi connectivity index (χ1n) is 8.59. The van der Waals surface area contributed by atoms with Crippen molar-refractivity contribution < 1.29 is 14.3 Å². The van der Waals surface area contributed by atoms with E-state index in [9.17, 15) is 4.79 Å².